The predicted octanol–water partition coefficient (Wildman–Crippen LogP) is 2.35. The molecule has 1 aromatic carbocycles. The quantitative estimate of drug-likeness (QED) is 0.871. The summed E-state index contributed by atoms with van der Waals surface area (Å²) in [5, 5.41) is 3.81. The van der Waals surface area contributed by atoms with E-state index in [9.17, 15) is 4.79 Å². The number of hydrogen-bond acceptors (Lipinski definition) is 3. The van der Waals surface area contributed by atoms with Gasteiger partial charge in [-0.2, -0.15) is 0 Å². The number of amides is 1. The molecule has 0 spiro atoms. The lowest BCUT2D eigenvalue weighted by Crippen LogP contribution is -2.35. The number of primary amides is 1. The van der Waals surface area contributed by atoms with E-state index < -0.39 is 5.91 Å². The molecule has 1 unspecified atom stereocenters. The fraction of sp³-hybridized carbons (Fsp3) is 0.500. The molecule has 1 aromatic rings. The molecule has 1 amide bonds. The van der Waals surface area contributed by atoms with E-state index in [1.54, 1.807) is 18.2 Å². The molecule has 1 aliphatic heterocycles. The molecule has 104 valence electrons. The van der Waals surface area contributed by atoms with Crippen molar-refractivity contribution in [3.8, 4) is 5.75 Å². The molecule has 1 saturated heterocycles. The third kappa shape index (κ3) is 4.11. The summed E-state index contributed by atoms with van der Waals surface area (Å²) < 4.78 is 5.65. The van der Waals surface area contributed by atoms with E-state index in [4.69, 9.17) is 22.1 Å². The number of rotatable bonds is 5. The fourth-order valence-corrected chi connectivity index (χ4v) is 2.54. The second-order valence-electron chi connectivity index (χ2n) is 4.79. The van der Waals surface area contributed by atoms with Crippen molar-refractivity contribution in [3.63, 3.8) is 0 Å². The van der Waals surface area contributed by atoms with E-state index in [1.807, 2.05) is 0 Å². The van der Waals surface area contributed by atoms with E-state index in [0.717, 1.165) is 13.0 Å². The molecule has 0 aliphatic carbocycles. The molecule has 1 atom stereocenters. The van der Waals surface area contributed by atoms with Gasteiger partial charge in [-0.1, -0.05) is 18.0 Å². The van der Waals surface area contributed by atoms with Gasteiger partial charge in [0.25, 0.3) is 0 Å². The average molecular weight is 283 g/mol. The molecule has 1 fully saturated rings. The van der Waals surface area contributed by atoms with Crippen LogP contribution in [0.4, 0.5) is 0 Å². The van der Waals surface area contributed by atoms with Crippen LogP contribution in [-0.4, -0.2) is 25.1 Å². The lowest BCUT2D eigenvalue weighted by atomic mass is 10.0. The van der Waals surface area contributed by atoms with Gasteiger partial charge in [0, 0.05) is 6.04 Å². The highest BCUT2D eigenvalue weighted by Crippen LogP contribution is 2.22. The van der Waals surface area contributed by atoms with Crippen molar-refractivity contribution >= 4 is 17.5 Å². The Hall–Kier alpha value is -1.26. The molecule has 2 rings (SSSR count). The first-order valence-electron chi connectivity index (χ1n) is 6.62. The van der Waals surface area contributed by atoms with Crippen molar-refractivity contribution in [1.82, 2.24) is 5.32 Å². The molecule has 0 radical (unpaired) electrons. The molecule has 5 heteroatoms. The molecule has 19 heavy (non-hydrogen) atoms. The van der Waals surface area contributed by atoms with Crippen LogP contribution in [0, 0.1) is 0 Å². The second-order valence-corrected chi connectivity index (χ2v) is 5.20. The van der Waals surface area contributed by atoms with E-state index in [0.29, 0.717) is 29.0 Å². The van der Waals surface area contributed by atoms with Crippen LogP contribution in [0.2, 0.25) is 5.02 Å². The summed E-state index contributed by atoms with van der Waals surface area (Å²) in [6.07, 6.45) is 4.75. The minimum atomic E-state index is -0.525. The minimum absolute atomic E-state index is 0.322. The van der Waals surface area contributed by atoms with Gasteiger partial charge in [0.2, 0.25) is 5.91 Å². The van der Waals surface area contributed by atoms with E-state index in [1.165, 1.54) is 19.3 Å². The zero-order valence-electron chi connectivity index (χ0n) is 10.8. The number of piperidine rings is 1. The predicted molar refractivity (Wildman–Crippen MR) is 75.7 cm³/mol. The van der Waals surface area contributed by atoms with Gasteiger partial charge in [0.1, 0.15) is 5.75 Å². The summed E-state index contributed by atoms with van der Waals surface area (Å²) in [6, 6.07) is 5.50. The zero-order chi connectivity index (χ0) is 13.7. The first kappa shape index (κ1) is 14.2. The monoisotopic (exact) mass is 282 g/mol. The van der Waals surface area contributed by atoms with E-state index >= 15 is 0 Å². The lowest BCUT2D eigenvalue weighted by molar-refractivity contribution is 0.100. The van der Waals surface area contributed by atoms with Crippen LogP contribution >= 0.6 is 11.6 Å². The van der Waals surface area contributed by atoms with Crippen LogP contribution in [-0.2, 0) is 0 Å². The minimum Gasteiger partial charge on any atom is -0.493 e. The van der Waals surface area contributed by atoms with Crippen LogP contribution in [0.3, 0.4) is 0 Å². The molecule has 3 N–H and O–H groups in total. The number of halogens is 1. The molecule has 1 heterocycles. The van der Waals surface area contributed by atoms with Crippen LogP contribution in [0.5, 0.6) is 5.75 Å². The Labute approximate surface area is 118 Å². The van der Waals surface area contributed by atoms with Gasteiger partial charge < -0.3 is 15.8 Å². The van der Waals surface area contributed by atoms with Crippen LogP contribution in [0.1, 0.15) is 36.0 Å². The summed E-state index contributed by atoms with van der Waals surface area (Å²) in [6.45, 7) is 1.74. The first-order chi connectivity index (χ1) is 9.16. The Bertz CT molecular complexity index is 445. The van der Waals surface area contributed by atoms with Crippen molar-refractivity contribution in [3.05, 3.63) is 28.8 Å². The van der Waals surface area contributed by atoms with E-state index in [2.05, 4.69) is 5.32 Å². The third-order valence-corrected chi connectivity index (χ3v) is 3.67. The fourth-order valence-electron chi connectivity index (χ4n) is 2.27. The van der Waals surface area contributed by atoms with Crippen molar-refractivity contribution in [2.45, 2.75) is 31.7 Å². The standard InChI is InChI=1S/C14H19ClN2O2/c15-13-9-11(4-5-12(13)14(16)18)19-8-6-10-3-1-2-7-17-10/h4-5,9-10,17H,1-3,6-8H2,(H2,16,18). The number of hydrogen-bond donors (Lipinski definition) is 2. The van der Waals surface area contributed by atoms with Gasteiger partial charge in [-0.3, -0.25) is 4.79 Å². The van der Waals surface area contributed by atoms with Crippen LogP contribution in [0.15, 0.2) is 18.2 Å². The number of nitrogens with two attached hydrogens (primary N) is 1. The summed E-state index contributed by atoms with van der Waals surface area (Å²) in [7, 11) is 0. The highest BCUT2D eigenvalue weighted by Gasteiger charge is 2.12. The highest BCUT2D eigenvalue weighted by molar-refractivity contribution is 6.33. The van der Waals surface area contributed by atoms with Gasteiger partial charge in [0.05, 0.1) is 17.2 Å². The van der Waals surface area contributed by atoms with Crippen LogP contribution in [0.25, 0.3) is 0 Å². The zero-order valence-corrected chi connectivity index (χ0v) is 11.6. The Kier molecular flexibility index (Phi) is 5.05. The molecule has 1 aliphatic rings. The highest BCUT2D eigenvalue weighted by atomic mass is 35.5. The molecule has 0 bridgehead atoms. The number of carbonyl (C=O) groups excluding carboxylic acids is 1. The van der Waals surface area contributed by atoms with Crippen LogP contribution < -0.4 is 15.8 Å². The number of nitrogens with one attached hydrogen (secondary N) is 1. The molecule has 0 saturated carbocycles. The van der Waals surface area contributed by atoms with E-state index in [-0.39, 0.29) is 0 Å². The SMILES string of the molecule is NC(=O)c1ccc(OCCC2CCCCN2)cc1Cl. The molecule has 4 nitrogen and oxygen atoms in total. The first-order valence-corrected chi connectivity index (χ1v) is 7.00. The average Bonchev–Trinajstić information content (AvgIpc) is 2.39. The second kappa shape index (κ2) is 6.78. The van der Waals surface area contributed by atoms with Gasteiger partial charge in [-0.25, -0.2) is 0 Å². The van der Waals surface area contributed by atoms with Gasteiger partial charge >= 0.3 is 0 Å². The maximum Gasteiger partial charge on any atom is 0.250 e. The summed E-state index contributed by atoms with van der Waals surface area (Å²) >= 11 is 5.96. The van der Waals surface area contributed by atoms with Gasteiger partial charge in [0.15, 0.2) is 0 Å². The maximum atomic E-state index is 11.0. The Morgan fingerprint density at radius 2 is 2.32 bits per heavy atom. The topological polar surface area (TPSA) is 64.4 Å². The summed E-state index contributed by atoms with van der Waals surface area (Å²) in [4.78, 5) is 11.0. The summed E-state index contributed by atoms with van der Waals surface area (Å²) in [5.74, 6) is 0.147. The molecule has 0 aromatic heterocycles. The van der Waals surface area contributed by atoms with Crippen molar-refractivity contribution in [1.29, 1.82) is 0 Å². The smallest absolute Gasteiger partial charge is 0.250 e. The Morgan fingerprint density at radius 3 is 2.95 bits per heavy atom. The maximum absolute atomic E-state index is 11.0. The Morgan fingerprint density at radius 1 is 1.47 bits per heavy atom. The largest absolute Gasteiger partial charge is 0.493 e. The normalized spacial score (nSPS) is 19.1. The van der Waals surface area contributed by atoms with Crippen molar-refractivity contribution in [2.24, 2.45) is 5.73 Å². The number of ether oxygens (including phenoxy) is 1. The Balaban J connectivity index is 1.82. The summed E-state index contributed by atoms with van der Waals surface area (Å²) in [5.41, 5.74) is 5.51. The van der Waals surface area contributed by atoms with Crippen molar-refractivity contribution < 1.29 is 9.53 Å². The van der Waals surface area contributed by atoms with Crippen molar-refractivity contribution in [2.75, 3.05) is 13.2 Å². The number of carbonyl (C=O) groups is 1. The lowest BCUT2D eigenvalue weighted by Gasteiger charge is -2.23. The van der Waals surface area contributed by atoms with Gasteiger partial charge in [-0.15, -0.1) is 0 Å². The van der Waals surface area contributed by atoms with Gasteiger partial charge in [-0.05, 0) is 44.0 Å². The third-order valence-electron chi connectivity index (χ3n) is 3.35. The molecular weight excluding hydrogens is 264 g/mol. The molecular formula is C14H19ClN2O2. The number of benzene rings is 1.